The summed E-state index contributed by atoms with van der Waals surface area (Å²) in [5, 5.41) is 5.54. The van der Waals surface area contributed by atoms with Crippen molar-refractivity contribution in [3.63, 3.8) is 0 Å². The summed E-state index contributed by atoms with van der Waals surface area (Å²) in [5.41, 5.74) is 1.38. The second kappa shape index (κ2) is 8.65. The van der Waals surface area contributed by atoms with Crippen LogP contribution >= 0.6 is 0 Å². The van der Waals surface area contributed by atoms with E-state index in [1.165, 1.54) is 11.0 Å². The maximum atomic E-state index is 14.6. The minimum atomic E-state index is -1.19. The smallest absolute Gasteiger partial charge is 0.317 e. The van der Waals surface area contributed by atoms with Crippen molar-refractivity contribution in [2.45, 2.75) is 45.3 Å². The highest BCUT2D eigenvalue weighted by Gasteiger charge is 2.32. The monoisotopic (exact) mass is 410 g/mol. The zero-order chi connectivity index (χ0) is 21.9. The number of carbonyl (C=O) groups is 2. The highest BCUT2D eigenvalue weighted by atomic mass is 19.1. The number of aliphatic imine (C=N–C) groups is 1. The zero-order valence-electron chi connectivity index (χ0n) is 17.7. The molecule has 1 aliphatic rings. The van der Waals surface area contributed by atoms with Gasteiger partial charge in [0.25, 0.3) is 5.91 Å². The highest BCUT2D eigenvalue weighted by molar-refractivity contribution is 6.20. The van der Waals surface area contributed by atoms with Crippen molar-refractivity contribution in [3.8, 4) is 0 Å². The van der Waals surface area contributed by atoms with E-state index in [-0.39, 0.29) is 5.56 Å². The van der Waals surface area contributed by atoms with E-state index in [9.17, 15) is 14.0 Å². The number of anilines is 1. The summed E-state index contributed by atoms with van der Waals surface area (Å²) < 4.78 is 14.6. The predicted octanol–water partition coefficient (Wildman–Crippen LogP) is 3.84. The number of nitrogens with one attached hydrogen (secondary N) is 2. The summed E-state index contributed by atoms with van der Waals surface area (Å²) in [4.78, 5) is 31.6. The van der Waals surface area contributed by atoms with Crippen molar-refractivity contribution in [1.29, 1.82) is 0 Å². The van der Waals surface area contributed by atoms with Crippen molar-refractivity contribution in [1.82, 2.24) is 10.6 Å². The molecule has 158 valence electrons. The molecule has 0 saturated heterocycles. The van der Waals surface area contributed by atoms with Crippen LogP contribution < -0.4 is 15.5 Å². The standard InChI is InChI=1S/C23H27FN4O2/c1-5-14-23(2,3)27-22(30)26-20-21(29)28(4)18-13-9-7-11-16(18)19(25-20)15-10-6-8-12-17(15)24/h6-13,20H,5,14H2,1-4H3,(H2,26,27,30). The number of benzene rings is 2. The molecule has 6 nitrogen and oxygen atoms in total. The van der Waals surface area contributed by atoms with Gasteiger partial charge >= 0.3 is 6.03 Å². The Kier molecular flexibility index (Phi) is 6.20. The summed E-state index contributed by atoms with van der Waals surface area (Å²) >= 11 is 0. The van der Waals surface area contributed by atoms with Gasteiger partial charge < -0.3 is 15.5 Å². The second-order valence-electron chi connectivity index (χ2n) is 8.01. The summed E-state index contributed by atoms with van der Waals surface area (Å²) in [6, 6.07) is 12.9. The first-order valence-electron chi connectivity index (χ1n) is 10.0. The fourth-order valence-electron chi connectivity index (χ4n) is 3.64. The van der Waals surface area contributed by atoms with Crippen LogP contribution in [0.1, 0.15) is 44.7 Å². The molecule has 0 radical (unpaired) electrons. The average Bonchev–Trinajstić information content (AvgIpc) is 2.79. The minimum Gasteiger partial charge on any atom is -0.333 e. The molecule has 0 saturated carbocycles. The quantitative estimate of drug-likeness (QED) is 0.786. The Morgan fingerprint density at radius 3 is 2.43 bits per heavy atom. The van der Waals surface area contributed by atoms with E-state index in [4.69, 9.17) is 0 Å². The number of nitrogens with zero attached hydrogens (tertiary/aromatic N) is 2. The van der Waals surface area contributed by atoms with Gasteiger partial charge in [-0.2, -0.15) is 0 Å². The lowest BCUT2D eigenvalue weighted by atomic mass is 9.99. The van der Waals surface area contributed by atoms with E-state index in [0.29, 0.717) is 17.0 Å². The third-order valence-electron chi connectivity index (χ3n) is 5.07. The molecule has 1 unspecified atom stereocenters. The number of halogens is 1. The van der Waals surface area contributed by atoms with Crippen LogP contribution in [0.5, 0.6) is 0 Å². The van der Waals surface area contributed by atoms with Crippen LogP contribution in [0.25, 0.3) is 0 Å². The molecule has 30 heavy (non-hydrogen) atoms. The van der Waals surface area contributed by atoms with Crippen molar-refractivity contribution in [2.75, 3.05) is 11.9 Å². The molecule has 1 aliphatic heterocycles. The fraction of sp³-hybridized carbons (Fsp3) is 0.348. The van der Waals surface area contributed by atoms with E-state index in [2.05, 4.69) is 15.6 Å². The zero-order valence-corrected chi connectivity index (χ0v) is 17.7. The Morgan fingerprint density at radius 2 is 1.77 bits per heavy atom. The van der Waals surface area contributed by atoms with E-state index in [0.717, 1.165) is 12.8 Å². The molecular formula is C23H27FN4O2. The van der Waals surface area contributed by atoms with Crippen molar-refractivity contribution >= 4 is 23.3 Å². The van der Waals surface area contributed by atoms with Crippen LogP contribution in [0.3, 0.4) is 0 Å². The number of likely N-dealkylation sites (N-methyl/N-ethyl adjacent to an activating group) is 1. The summed E-state index contributed by atoms with van der Waals surface area (Å²) in [6.45, 7) is 5.87. The number of para-hydroxylation sites is 1. The van der Waals surface area contributed by atoms with Crippen molar-refractivity contribution in [3.05, 3.63) is 65.5 Å². The maximum Gasteiger partial charge on any atom is 0.317 e. The van der Waals surface area contributed by atoms with Gasteiger partial charge in [-0.15, -0.1) is 0 Å². The lowest BCUT2D eigenvalue weighted by Gasteiger charge is -2.27. The first-order valence-corrected chi connectivity index (χ1v) is 10.0. The minimum absolute atomic E-state index is 0.270. The van der Waals surface area contributed by atoms with Gasteiger partial charge in [0.2, 0.25) is 6.17 Å². The molecule has 0 fully saturated rings. The van der Waals surface area contributed by atoms with E-state index in [1.807, 2.05) is 20.8 Å². The van der Waals surface area contributed by atoms with Crippen LogP contribution in [-0.2, 0) is 4.79 Å². The molecule has 0 aromatic heterocycles. The summed E-state index contributed by atoms with van der Waals surface area (Å²) in [7, 11) is 1.62. The summed E-state index contributed by atoms with van der Waals surface area (Å²) in [5.74, 6) is -0.854. The summed E-state index contributed by atoms with van der Waals surface area (Å²) in [6.07, 6.45) is 0.506. The van der Waals surface area contributed by atoms with Crippen molar-refractivity contribution < 1.29 is 14.0 Å². The third kappa shape index (κ3) is 4.50. The predicted molar refractivity (Wildman–Crippen MR) is 116 cm³/mol. The Balaban J connectivity index is 2.02. The lowest BCUT2D eigenvalue weighted by Crippen LogP contribution is -2.54. The van der Waals surface area contributed by atoms with Crippen LogP contribution in [-0.4, -0.2) is 36.4 Å². The topological polar surface area (TPSA) is 73.8 Å². The first kappa shape index (κ1) is 21.5. The molecule has 0 bridgehead atoms. The Morgan fingerprint density at radius 1 is 1.13 bits per heavy atom. The number of hydrogen-bond donors (Lipinski definition) is 2. The molecule has 7 heteroatoms. The number of amides is 3. The Bertz CT molecular complexity index is 987. The molecule has 2 aromatic rings. The number of carbonyl (C=O) groups excluding carboxylic acids is 2. The normalized spacial score (nSPS) is 16.4. The number of benzodiazepines with no additional fused rings is 1. The fourth-order valence-corrected chi connectivity index (χ4v) is 3.64. The van der Waals surface area contributed by atoms with Crippen LogP contribution in [0.2, 0.25) is 0 Å². The first-order chi connectivity index (χ1) is 14.2. The molecule has 0 spiro atoms. The molecule has 1 atom stereocenters. The van der Waals surface area contributed by atoms with Gasteiger partial charge in [0, 0.05) is 23.7 Å². The van der Waals surface area contributed by atoms with Crippen LogP contribution in [0.4, 0.5) is 14.9 Å². The van der Waals surface area contributed by atoms with Crippen LogP contribution in [0, 0.1) is 5.82 Å². The van der Waals surface area contributed by atoms with E-state index in [1.54, 1.807) is 49.5 Å². The Labute approximate surface area is 176 Å². The molecule has 3 rings (SSSR count). The van der Waals surface area contributed by atoms with Gasteiger partial charge in [0.05, 0.1) is 11.4 Å². The van der Waals surface area contributed by atoms with Gasteiger partial charge in [-0.3, -0.25) is 4.79 Å². The van der Waals surface area contributed by atoms with Gasteiger partial charge in [-0.25, -0.2) is 14.2 Å². The SMILES string of the molecule is CCCC(C)(C)NC(=O)NC1N=C(c2ccccc2F)c2ccccc2N(C)C1=O. The van der Waals surface area contributed by atoms with Gasteiger partial charge in [-0.1, -0.05) is 43.7 Å². The number of fused-ring (bicyclic) bond motifs is 1. The average molecular weight is 410 g/mol. The largest absolute Gasteiger partial charge is 0.333 e. The molecule has 3 amide bonds. The molecule has 2 N–H and O–H groups in total. The lowest BCUT2D eigenvalue weighted by molar-refractivity contribution is -0.119. The number of urea groups is 1. The van der Waals surface area contributed by atoms with Crippen molar-refractivity contribution in [2.24, 2.45) is 4.99 Å². The van der Waals surface area contributed by atoms with E-state index >= 15 is 0 Å². The number of rotatable bonds is 5. The Hall–Kier alpha value is -3.22. The molecule has 2 aromatic carbocycles. The molecular weight excluding hydrogens is 383 g/mol. The van der Waals surface area contributed by atoms with Gasteiger partial charge in [-0.05, 0) is 38.5 Å². The maximum absolute atomic E-state index is 14.6. The van der Waals surface area contributed by atoms with Crippen LogP contribution in [0.15, 0.2) is 53.5 Å². The molecule has 1 heterocycles. The second-order valence-corrected chi connectivity index (χ2v) is 8.01. The van der Waals surface area contributed by atoms with Gasteiger partial charge in [0.1, 0.15) is 5.82 Å². The van der Waals surface area contributed by atoms with Gasteiger partial charge in [0.15, 0.2) is 0 Å². The highest BCUT2D eigenvalue weighted by Crippen LogP contribution is 2.28. The number of hydrogen-bond acceptors (Lipinski definition) is 3. The van der Waals surface area contributed by atoms with E-state index < -0.39 is 29.5 Å². The third-order valence-corrected chi connectivity index (χ3v) is 5.07. The molecule has 0 aliphatic carbocycles.